The van der Waals surface area contributed by atoms with Gasteiger partial charge in [-0.3, -0.25) is 4.79 Å². The van der Waals surface area contributed by atoms with Crippen molar-refractivity contribution in [1.29, 1.82) is 0 Å². The Morgan fingerprint density at radius 1 is 1.44 bits per heavy atom. The van der Waals surface area contributed by atoms with Crippen molar-refractivity contribution < 1.29 is 4.79 Å². The molecule has 1 amide bonds. The lowest BCUT2D eigenvalue weighted by Crippen LogP contribution is -2.08. The van der Waals surface area contributed by atoms with Gasteiger partial charge in [0.2, 0.25) is 5.91 Å². The fourth-order valence-electron chi connectivity index (χ4n) is 1.69. The lowest BCUT2D eigenvalue weighted by Gasteiger charge is -2.10. The first-order valence-electron chi connectivity index (χ1n) is 5.77. The van der Waals surface area contributed by atoms with Crippen LogP contribution in [-0.2, 0) is 4.79 Å². The number of carbonyl (C=O) groups is 1. The van der Waals surface area contributed by atoms with Gasteiger partial charge in [0.15, 0.2) is 0 Å². The van der Waals surface area contributed by atoms with Crippen LogP contribution in [0.5, 0.6) is 0 Å². The first-order valence-corrected chi connectivity index (χ1v) is 5.77. The Hall–Kier alpha value is -1.51. The van der Waals surface area contributed by atoms with Crippen molar-refractivity contribution in [3.63, 3.8) is 0 Å². The summed E-state index contributed by atoms with van der Waals surface area (Å²) in [6.45, 7) is 4.60. The molecule has 0 atom stereocenters. The lowest BCUT2D eigenvalue weighted by molar-refractivity contribution is -0.114. The molecule has 3 nitrogen and oxygen atoms in total. The summed E-state index contributed by atoms with van der Waals surface area (Å²) >= 11 is 0. The maximum Gasteiger partial charge on any atom is 0.221 e. The van der Waals surface area contributed by atoms with E-state index in [1.165, 1.54) is 19.8 Å². The van der Waals surface area contributed by atoms with Crippen molar-refractivity contribution in [3.8, 4) is 0 Å². The molecule has 1 aromatic carbocycles. The van der Waals surface area contributed by atoms with E-state index < -0.39 is 0 Å². The summed E-state index contributed by atoms with van der Waals surface area (Å²) in [5, 5.41) is 6.23. The normalized spacial score (nSPS) is 14.6. The minimum atomic E-state index is -0.0261. The third kappa shape index (κ3) is 2.99. The zero-order valence-corrected chi connectivity index (χ0v) is 9.84. The van der Waals surface area contributed by atoms with Gasteiger partial charge in [-0.05, 0) is 49.4 Å². The predicted molar refractivity (Wildman–Crippen MR) is 66.7 cm³/mol. The molecule has 0 heterocycles. The summed E-state index contributed by atoms with van der Waals surface area (Å²) in [6, 6.07) is 6.04. The van der Waals surface area contributed by atoms with Crippen molar-refractivity contribution in [1.82, 2.24) is 0 Å². The fourth-order valence-corrected chi connectivity index (χ4v) is 1.69. The predicted octanol–water partition coefficient (Wildman–Crippen LogP) is 2.78. The summed E-state index contributed by atoms with van der Waals surface area (Å²) in [7, 11) is 0. The fraction of sp³-hybridized carbons (Fsp3) is 0.462. The Kier molecular flexibility index (Phi) is 3.13. The van der Waals surface area contributed by atoms with E-state index in [0.717, 1.165) is 29.4 Å². The van der Waals surface area contributed by atoms with Gasteiger partial charge in [-0.15, -0.1) is 0 Å². The molecular formula is C13H18N2O. The highest BCUT2D eigenvalue weighted by molar-refractivity contribution is 5.89. The number of amides is 1. The molecule has 2 N–H and O–H groups in total. The van der Waals surface area contributed by atoms with E-state index in [9.17, 15) is 4.79 Å². The van der Waals surface area contributed by atoms with E-state index in [1.807, 2.05) is 19.1 Å². The molecular weight excluding hydrogens is 200 g/mol. The van der Waals surface area contributed by atoms with Crippen molar-refractivity contribution >= 4 is 17.3 Å². The summed E-state index contributed by atoms with van der Waals surface area (Å²) in [5.41, 5.74) is 3.12. The minimum absolute atomic E-state index is 0.0261. The van der Waals surface area contributed by atoms with Crippen LogP contribution in [0.25, 0.3) is 0 Å². The number of anilines is 2. The van der Waals surface area contributed by atoms with Crippen molar-refractivity contribution in [2.75, 3.05) is 17.2 Å². The Morgan fingerprint density at radius 2 is 2.19 bits per heavy atom. The van der Waals surface area contributed by atoms with Gasteiger partial charge in [0, 0.05) is 24.8 Å². The second-order valence-corrected chi connectivity index (χ2v) is 4.54. The molecule has 86 valence electrons. The number of carbonyl (C=O) groups excluding carboxylic acids is 1. The molecule has 0 unspecified atom stereocenters. The lowest BCUT2D eigenvalue weighted by atomic mass is 10.1. The number of hydrogen-bond acceptors (Lipinski definition) is 2. The molecule has 1 fully saturated rings. The molecule has 1 saturated carbocycles. The molecule has 0 aliphatic heterocycles. The van der Waals surface area contributed by atoms with Crippen LogP contribution in [0.15, 0.2) is 18.2 Å². The van der Waals surface area contributed by atoms with Crippen LogP contribution in [-0.4, -0.2) is 12.5 Å². The molecule has 1 aromatic rings. The number of nitrogens with one attached hydrogen (secondary N) is 2. The van der Waals surface area contributed by atoms with Crippen LogP contribution in [0.4, 0.5) is 11.4 Å². The maximum atomic E-state index is 10.9. The highest BCUT2D eigenvalue weighted by atomic mass is 16.1. The molecule has 0 radical (unpaired) electrons. The van der Waals surface area contributed by atoms with Crippen molar-refractivity contribution in [2.45, 2.75) is 26.7 Å². The van der Waals surface area contributed by atoms with Crippen LogP contribution in [0.1, 0.15) is 25.3 Å². The number of hydrogen-bond donors (Lipinski definition) is 2. The van der Waals surface area contributed by atoms with E-state index in [4.69, 9.17) is 0 Å². The van der Waals surface area contributed by atoms with E-state index in [1.54, 1.807) is 0 Å². The Morgan fingerprint density at radius 3 is 2.75 bits per heavy atom. The minimum Gasteiger partial charge on any atom is -0.385 e. The molecule has 0 spiro atoms. The Labute approximate surface area is 96.2 Å². The molecule has 16 heavy (non-hydrogen) atoms. The highest BCUT2D eigenvalue weighted by Crippen LogP contribution is 2.29. The zero-order valence-electron chi connectivity index (χ0n) is 9.84. The summed E-state index contributed by atoms with van der Waals surface area (Å²) < 4.78 is 0. The van der Waals surface area contributed by atoms with Crippen LogP contribution < -0.4 is 10.6 Å². The summed E-state index contributed by atoms with van der Waals surface area (Å²) in [6.07, 6.45) is 2.71. The van der Waals surface area contributed by atoms with Gasteiger partial charge < -0.3 is 10.6 Å². The van der Waals surface area contributed by atoms with E-state index in [-0.39, 0.29) is 5.91 Å². The highest BCUT2D eigenvalue weighted by Gasteiger charge is 2.20. The Balaban J connectivity index is 1.99. The molecule has 0 saturated heterocycles. The first kappa shape index (κ1) is 11.0. The van der Waals surface area contributed by atoms with Crippen LogP contribution >= 0.6 is 0 Å². The SMILES string of the molecule is CC(=O)Nc1ccc(NCC2CC2)cc1C. The maximum absolute atomic E-state index is 10.9. The van der Waals surface area contributed by atoms with Crippen LogP contribution in [0.3, 0.4) is 0 Å². The standard InChI is InChI=1S/C13H18N2O/c1-9-7-12(14-8-11-3-4-11)5-6-13(9)15-10(2)16/h5-7,11,14H,3-4,8H2,1-2H3,(H,15,16). The van der Waals surface area contributed by atoms with Gasteiger partial charge in [0.05, 0.1) is 0 Å². The topological polar surface area (TPSA) is 41.1 Å². The molecule has 0 aromatic heterocycles. The van der Waals surface area contributed by atoms with Gasteiger partial charge in [0.25, 0.3) is 0 Å². The monoisotopic (exact) mass is 218 g/mol. The summed E-state index contributed by atoms with van der Waals surface area (Å²) in [4.78, 5) is 10.9. The van der Waals surface area contributed by atoms with E-state index in [0.29, 0.717) is 0 Å². The third-order valence-electron chi connectivity index (χ3n) is 2.83. The zero-order chi connectivity index (χ0) is 11.5. The van der Waals surface area contributed by atoms with E-state index in [2.05, 4.69) is 16.7 Å². The number of rotatable bonds is 4. The van der Waals surface area contributed by atoms with Gasteiger partial charge in [-0.1, -0.05) is 0 Å². The average Bonchev–Trinajstić information content (AvgIpc) is 3.02. The van der Waals surface area contributed by atoms with Crippen LogP contribution in [0.2, 0.25) is 0 Å². The number of aryl methyl sites for hydroxylation is 1. The largest absolute Gasteiger partial charge is 0.385 e. The molecule has 1 aliphatic rings. The smallest absolute Gasteiger partial charge is 0.221 e. The van der Waals surface area contributed by atoms with Gasteiger partial charge in [-0.2, -0.15) is 0 Å². The van der Waals surface area contributed by atoms with Crippen molar-refractivity contribution in [2.24, 2.45) is 5.92 Å². The quantitative estimate of drug-likeness (QED) is 0.816. The second-order valence-electron chi connectivity index (χ2n) is 4.54. The van der Waals surface area contributed by atoms with Gasteiger partial charge >= 0.3 is 0 Å². The molecule has 3 heteroatoms. The summed E-state index contributed by atoms with van der Waals surface area (Å²) in [5.74, 6) is 0.845. The second kappa shape index (κ2) is 4.56. The van der Waals surface area contributed by atoms with Gasteiger partial charge in [0.1, 0.15) is 0 Å². The van der Waals surface area contributed by atoms with Crippen molar-refractivity contribution in [3.05, 3.63) is 23.8 Å². The molecule has 1 aliphatic carbocycles. The third-order valence-corrected chi connectivity index (χ3v) is 2.83. The van der Waals surface area contributed by atoms with Gasteiger partial charge in [-0.25, -0.2) is 0 Å². The van der Waals surface area contributed by atoms with E-state index >= 15 is 0 Å². The molecule has 2 rings (SSSR count). The van der Waals surface area contributed by atoms with Crippen LogP contribution in [0, 0.1) is 12.8 Å². The first-order chi connectivity index (χ1) is 7.65. The number of benzene rings is 1. The molecule has 0 bridgehead atoms. The Bertz CT molecular complexity index is 397. The average molecular weight is 218 g/mol.